The summed E-state index contributed by atoms with van der Waals surface area (Å²) in [5.41, 5.74) is 0. The Morgan fingerprint density at radius 3 is 2.17 bits per heavy atom. The van der Waals surface area contributed by atoms with Crippen molar-refractivity contribution in [3.8, 4) is 0 Å². The number of ether oxygens (including phenoxy) is 1. The van der Waals surface area contributed by atoms with Gasteiger partial charge in [0.15, 0.2) is 0 Å². The lowest BCUT2D eigenvalue weighted by Crippen LogP contribution is -2.44. The summed E-state index contributed by atoms with van der Waals surface area (Å²) in [6.07, 6.45) is 4.95. The Hall–Kier alpha value is -1.10. The SMILES string of the molecule is CC.CCC.COCCC(C(C)C)N(C=O)[C@@H]1CC[C@H](C(=O)O)C1. The number of hydrogen-bond acceptors (Lipinski definition) is 3. The summed E-state index contributed by atoms with van der Waals surface area (Å²) in [4.78, 5) is 24.2. The van der Waals surface area contributed by atoms with Crippen LogP contribution < -0.4 is 0 Å². The van der Waals surface area contributed by atoms with Crippen LogP contribution in [0.5, 0.6) is 0 Å². The maximum absolute atomic E-state index is 11.4. The molecule has 1 aliphatic carbocycles. The van der Waals surface area contributed by atoms with Gasteiger partial charge in [-0.1, -0.05) is 48.0 Å². The highest BCUT2D eigenvalue weighted by Crippen LogP contribution is 2.31. The molecule has 1 unspecified atom stereocenters. The van der Waals surface area contributed by atoms with E-state index < -0.39 is 5.97 Å². The van der Waals surface area contributed by atoms with E-state index in [4.69, 9.17) is 9.84 Å². The first kappa shape index (κ1) is 25.1. The lowest BCUT2D eigenvalue weighted by atomic mass is 9.97. The molecule has 0 aromatic carbocycles. The summed E-state index contributed by atoms with van der Waals surface area (Å²) in [6, 6.07) is 0.179. The molecule has 1 rings (SSSR count). The lowest BCUT2D eigenvalue weighted by Gasteiger charge is -2.36. The van der Waals surface area contributed by atoms with Crippen molar-refractivity contribution in [2.75, 3.05) is 13.7 Å². The predicted molar refractivity (Wildman–Crippen MR) is 99.1 cm³/mol. The molecule has 0 aromatic rings. The maximum Gasteiger partial charge on any atom is 0.306 e. The number of rotatable bonds is 8. The number of aliphatic carboxylic acids is 1. The van der Waals surface area contributed by atoms with E-state index in [2.05, 4.69) is 27.7 Å². The van der Waals surface area contributed by atoms with Crippen LogP contribution in [-0.4, -0.2) is 48.2 Å². The fraction of sp³-hybridized carbons (Fsp3) is 0.895. The number of methoxy groups -OCH3 is 1. The van der Waals surface area contributed by atoms with Crippen molar-refractivity contribution in [3.63, 3.8) is 0 Å². The van der Waals surface area contributed by atoms with Crippen LogP contribution in [0.25, 0.3) is 0 Å². The Morgan fingerprint density at radius 2 is 1.83 bits per heavy atom. The molecular weight excluding hydrogens is 306 g/mol. The summed E-state index contributed by atoms with van der Waals surface area (Å²) < 4.78 is 5.10. The third-order valence-electron chi connectivity index (χ3n) is 4.07. The van der Waals surface area contributed by atoms with Gasteiger partial charge >= 0.3 is 5.97 Å². The van der Waals surface area contributed by atoms with Crippen molar-refractivity contribution in [2.24, 2.45) is 11.8 Å². The number of carboxylic acid groups (broad SMARTS) is 1. The first-order valence-electron chi connectivity index (χ1n) is 9.37. The number of carbonyl (C=O) groups is 2. The Labute approximate surface area is 148 Å². The van der Waals surface area contributed by atoms with E-state index in [0.717, 1.165) is 19.3 Å². The molecule has 1 aliphatic rings. The normalized spacial score (nSPS) is 20.3. The highest BCUT2D eigenvalue weighted by Gasteiger charge is 2.36. The van der Waals surface area contributed by atoms with Crippen molar-refractivity contribution in [1.29, 1.82) is 0 Å². The van der Waals surface area contributed by atoms with Gasteiger partial charge in [0.05, 0.1) is 5.92 Å². The van der Waals surface area contributed by atoms with Crippen molar-refractivity contribution in [2.45, 2.75) is 85.7 Å². The van der Waals surface area contributed by atoms with Crippen LogP contribution in [0.4, 0.5) is 0 Å². The second-order valence-electron chi connectivity index (χ2n) is 6.35. The molecule has 0 saturated heterocycles. The molecule has 24 heavy (non-hydrogen) atoms. The first-order valence-corrected chi connectivity index (χ1v) is 9.37. The number of amides is 1. The van der Waals surface area contributed by atoms with Crippen LogP contribution in [0.1, 0.15) is 73.6 Å². The van der Waals surface area contributed by atoms with E-state index in [9.17, 15) is 9.59 Å². The molecule has 5 heteroatoms. The molecule has 0 aliphatic heterocycles. The highest BCUT2D eigenvalue weighted by molar-refractivity contribution is 5.70. The van der Waals surface area contributed by atoms with Gasteiger partial charge in [0, 0.05) is 25.8 Å². The zero-order chi connectivity index (χ0) is 19.1. The Morgan fingerprint density at radius 1 is 1.29 bits per heavy atom. The summed E-state index contributed by atoms with van der Waals surface area (Å²) >= 11 is 0. The van der Waals surface area contributed by atoms with Gasteiger partial charge in [0.25, 0.3) is 0 Å². The number of carboxylic acids is 1. The molecule has 3 atom stereocenters. The molecule has 1 saturated carbocycles. The van der Waals surface area contributed by atoms with Gasteiger partial charge in [-0.2, -0.15) is 0 Å². The topological polar surface area (TPSA) is 66.8 Å². The van der Waals surface area contributed by atoms with Gasteiger partial charge in [0.2, 0.25) is 6.41 Å². The Bertz CT molecular complexity index is 320. The molecular formula is C19H39NO4. The lowest BCUT2D eigenvalue weighted by molar-refractivity contribution is -0.142. The van der Waals surface area contributed by atoms with E-state index in [1.807, 2.05) is 18.7 Å². The Kier molecular flexibility index (Phi) is 16.2. The molecule has 0 heterocycles. The Balaban J connectivity index is 0. The minimum atomic E-state index is -0.744. The molecule has 0 radical (unpaired) electrons. The minimum absolute atomic E-state index is 0.0582. The summed E-state index contributed by atoms with van der Waals surface area (Å²) in [7, 11) is 1.65. The minimum Gasteiger partial charge on any atom is -0.481 e. The van der Waals surface area contributed by atoms with Gasteiger partial charge in [-0.3, -0.25) is 9.59 Å². The second-order valence-corrected chi connectivity index (χ2v) is 6.35. The molecule has 1 amide bonds. The summed E-state index contributed by atoms with van der Waals surface area (Å²) in [5, 5.41) is 9.05. The van der Waals surface area contributed by atoms with Crippen molar-refractivity contribution in [3.05, 3.63) is 0 Å². The molecule has 0 spiro atoms. The number of hydrogen-bond donors (Lipinski definition) is 1. The van der Waals surface area contributed by atoms with Crippen molar-refractivity contribution in [1.82, 2.24) is 4.90 Å². The monoisotopic (exact) mass is 345 g/mol. The zero-order valence-electron chi connectivity index (χ0n) is 16.7. The van der Waals surface area contributed by atoms with Crippen LogP contribution in [0, 0.1) is 11.8 Å². The quantitative estimate of drug-likeness (QED) is 0.669. The first-order chi connectivity index (χ1) is 11.4. The molecule has 0 bridgehead atoms. The molecule has 144 valence electrons. The van der Waals surface area contributed by atoms with Crippen molar-refractivity contribution < 1.29 is 19.4 Å². The fourth-order valence-electron chi connectivity index (χ4n) is 2.95. The van der Waals surface area contributed by atoms with Gasteiger partial charge in [-0.05, 0) is 31.6 Å². The van der Waals surface area contributed by atoms with E-state index in [-0.39, 0.29) is 18.0 Å². The number of carbonyl (C=O) groups excluding carboxylic acids is 1. The van der Waals surface area contributed by atoms with Gasteiger partial charge in [-0.25, -0.2) is 0 Å². The van der Waals surface area contributed by atoms with Crippen LogP contribution >= 0.6 is 0 Å². The molecule has 1 fully saturated rings. The van der Waals surface area contributed by atoms with Crippen LogP contribution in [0.2, 0.25) is 0 Å². The van der Waals surface area contributed by atoms with Gasteiger partial charge < -0.3 is 14.7 Å². The summed E-state index contributed by atoms with van der Waals surface area (Å²) in [5.74, 6) is -0.710. The second kappa shape index (κ2) is 15.4. The van der Waals surface area contributed by atoms with Crippen LogP contribution in [0.15, 0.2) is 0 Å². The third-order valence-corrected chi connectivity index (χ3v) is 4.07. The zero-order valence-corrected chi connectivity index (χ0v) is 16.7. The average molecular weight is 346 g/mol. The molecule has 0 aromatic heterocycles. The third kappa shape index (κ3) is 9.26. The highest BCUT2D eigenvalue weighted by atomic mass is 16.5. The van der Waals surface area contributed by atoms with Crippen molar-refractivity contribution >= 4 is 12.4 Å². The van der Waals surface area contributed by atoms with E-state index in [1.165, 1.54) is 6.42 Å². The largest absolute Gasteiger partial charge is 0.481 e. The van der Waals surface area contributed by atoms with E-state index in [1.54, 1.807) is 7.11 Å². The van der Waals surface area contributed by atoms with E-state index in [0.29, 0.717) is 25.4 Å². The van der Waals surface area contributed by atoms with Crippen LogP contribution in [-0.2, 0) is 14.3 Å². The predicted octanol–water partition coefficient (Wildman–Crippen LogP) is 4.20. The fourth-order valence-corrected chi connectivity index (χ4v) is 2.95. The van der Waals surface area contributed by atoms with Gasteiger partial charge in [-0.15, -0.1) is 0 Å². The van der Waals surface area contributed by atoms with E-state index >= 15 is 0 Å². The van der Waals surface area contributed by atoms with Crippen LogP contribution in [0.3, 0.4) is 0 Å². The summed E-state index contributed by atoms with van der Waals surface area (Å²) in [6.45, 7) is 13.0. The smallest absolute Gasteiger partial charge is 0.306 e. The number of nitrogens with zero attached hydrogens (tertiary/aromatic N) is 1. The van der Waals surface area contributed by atoms with Gasteiger partial charge in [0.1, 0.15) is 0 Å². The molecule has 1 N–H and O–H groups in total. The molecule has 5 nitrogen and oxygen atoms in total. The standard InChI is InChI=1S/C14H25NO4.C3H8.C2H6/c1-10(2)13(6-7-19-3)15(9-16)12-5-4-11(8-12)14(17)18;1-3-2;1-2/h9-13H,4-8H2,1-3H3,(H,17,18);3H2,1-2H3;1-2H3/t11-,12+,13?;;/m0../s1. The maximum atomic E-state index is 11.4. The average Bonchev–Trinajstić information content (AvgIpc) is 3.03.